The summed E-state index contributed by atoms with van der Waals surface area (Å²) >= 11 is 4.74. The van der Waals surface area contributed by atoms with Crippen molar-refractivity contribution in [2.24, 2.45) is 11.7 Å². The van der Waals surface area contributed by atoms with Gasteiger partial charge in [-0.2, -0.15) is 13.2 Å². The molecule has 1 aliphatic rings. The first-order chi connectivity index (χ1) is 9.27. The molecule has 20 heavy (non-hydrogen) atoms. The minimum atomic E-state index is -4.48. The lowest BCUT2D eigenvalue weighted by atomic mass is 10.1. The fourth-order valence-electron chi connectivity index (χ4n) is 1.82. The molecule has 0 spiro atoms. The minimum Gasteiger partial charge on any atom is -0.389 e. The summed E-state index contributed by atoms with van der Waals surface area (Å²) in [5.41, 5.74) is 4.83. The third-order valence-corrected chi connectivity index (χ3v) is 3.28. The Morgan fingerprint density at radius 3 is 2.55 bits per heavy atom. The van der Waals surface area contributed by atoms with E-state index in [4.69, 9.17) is 18.0 Å². The van der Waals surface area contributed by atoms with Gasteiger partial charge in [-0.05, 0) is 37.0 Å². The number of amides is 1. The Morgan fingerprint density at radius 1 is 1.40 bits per heavy atom. The molecule has 0 radical (unpaired) electrons. The van der Waals surface area contributed by atoms with Crippen LogP contribution in [0.3, 0.4) is 0 Å². The van der Waals surface area contributed by atoms with Crippen molar-refractivity contribution in [3.05, 3.63) is 29.3 Å². The van der Waals surface area contributed by atoms with E-state index in [0.717, 1.165) is 25.0 Å². The number of hydrogen-bond acceptors (Lipinski definition) is 2. The zero-order valence-electron chi connectivity index (χ0n) is 10.5. The normalized spacial score (nSPS) is 14.9. The zero-order valence-corrected chi connectivity index (χ0v) is 11.3. The monoisotopic (exact) mass is 302 g/mol. The number of hydrogen-bond donors (Lipinski definition) is 2. The van der Waals surface area contributed by atoms with Gasteiger partial charge in [0.05, 0.1) is 11.3 Å². The smallest absolute Gasteiger partial charge is 0.389 e. The summed E-state index contributed by atoms with van der Waals surface area (Å²) in [7, 11) is 0. The third kappa shape index (κ3) is 3.69. The van der Waals surface area contributed by atoms with Crippen LogP contribution in [-0.4, -0.2) is 10.9 Å². The molecule has 7 heteroatoms. The van der Waals surface area contributed by atoms with E-state index >= 15 is 0 Å². The van der Waals surface area contributed by atoms with Crippen LogP contribution in [0.1, 0.15) is 30.4 Å². The highest BCUT2D eigenvalue weighted by molar-refractivity contribution is 7.80. The number of nitrogens with one attached hydrogen (secondary N) is 1. The second kappa shape index (κ2) is 5.40. The molecule has 108 valence electrons. The van der Waals surface area contributed by atoms with Crippen molar-refractivity contribution in [3.8, 4) is 0 Å². The Kier molecular flexibility index (Phi) is 3.99. The number of carbonyl (C=O) groups excluding carboxylic acids is 1. The van der Waals surface area contributed by atoms with E-state index < -0.39 is 11.7 Å². The van der Waals surface area contributed by atoms with Gasteiger partial charge in [0.1, 0.15) is 4.99 Å². The van der Waals surface area contributed by atoms with E-state index in [1.165, 1.54) is 6.07 Å². The number of nitrogens with two attached hydrogens (primary N) is 1. The summed E-state index contributed by atoms with van der Waals surface area (Å²) in [6.07, 6.45) is -2.07. The summed E-state index contributed by atoms with van der Waals surface area (Å²) in [6.45, 7) is 0. The molecule has 0 atom stereocenters. The molecule has 1 aliphatic carbocycles. The molecule has 0 bridgehead atoms. The summed E-state index contributed by atoms with van der Waals surface area (Å²) in [6, 6.07) is 2.94. The maximum absolute atomic E-state index is 12.6. The molecule has 0 saturated heterocycles. The molecule has 0 unspecified atom stereocenters. The first-order valence-electron chi connectivity index (χ1n) is 6.08. The van der Waals surface area contributed by atoms with Gasteiger partial charge in [0.15, 0.2) is 0 Å². The van der Waals surface area contributed by atoms with E-state index in [1.807, 2.05) is 0 Å². The van der Waals surface area contributed by atoms with Crippen LogP contribution in [0.5, 0.6) is 0 Å². The van der Waals surface area contributed by atoms with Crippen LogP contribution in [0.25, 0.3) is 0 Å². The maximum atomic E-state index is 12.6. The van der Waals surface area contributed by atoms with Crippen LogP contribution >= 0.6 is 12.2 Å². The first kappa shape index (κ1) is 14.8. The van der Waals surface area contributed by atoms with Crippen LogP contribution in [0.15, 0.2) is 18.2 Å². The number of rotatable bonds is 4. The average molecular weight is 302 g/mol. The number of benzene rings is 1. The average Bonchev–Trinajstić information content (AvgIpc) is 3.11. The van der Waals surface area contributed by atoms with Crippen LogP contribution in [0, 0.1) is 5.92 Å². The van der Waals surface area contributed by atoms with Crippen molar-refractivity contribution in [2.45, 2.75) is 25.4 Å². The SMILES string of the molecule is NC(=S)c1cc(C(F)(F)F)ccc1NC(=O)CC1CC1. The lowest BCUT2D eigenvalue weighted by Crippen LogP contribution is -2.19. The number of thiocarbonyl (C=S) groups is 1. The number of anilines is 1. The van der Waals surface area contributed by atoms with Crippen molar-refractivity contribution >= 4 is 28.8 Å². The molecule has 1 aromatic carbocycles. The Balaban J connectivity index is 2.23. The summed E-state index contributed by atoms with van der Waals surface area (Å²) < 4.78 is 37.9. The molecule has 1 fully saturated rings. The zero-order chi connectivity index (χ0) is 14.9. The molecular weight excluding hydrogens is 289 g/mol. The second-order valence-corrected chi connectivity index (χ2v) is 5.26. The van der Waals surface area contributed by atoms with Crippen molar-refractivity contribution in [3.63, 3.8) is 0 Å². The highest BCUT2D eigenvalue weighted by Gasteiger charge is 2.31. The largest absolute Gasteiger partial charge is 0.416 e. The van der Waals surface area contributed by atoms with Gasteiger partial charge >= 0.3 is 6.18 Å². The Morgan fingerprint density at radius 2 is 2.05 bits per heavy atom. The van der Waals surface area contributed by atoms with E-state index in [-0.39, 0.29) is 22.1 Å². The predicted octanol–water partition coefficient (Wildman–Crippen LogP) is 3.08. The van der Waals surface area contributed by atoms with Crippen LogP contribution < -0.4 is 11.1 Å². The maximum Gasteiger partial charge on any atom is 0.416 e. The van der Waals surface area contributed by atoms with Crippen molar-refractivity contribution in [2.75, 3.05) is 5.32 Å². The fourth-order valence-corrected chi connectivity index (χ4v) is 1.99. The van der Waals surface area contributed by atoms with Gasteiger partial charge < -0.3 is 11.1 Å². The quantitative estimate of drug-likeness (QED) is 0.840. The fraction of sp³-hybridized carbons (Fsp3) is 0.385. The van der Waals surface area contributed by atoms with Gasteiger partial charge in [-0.25, -0.2) is 0 Å². The molecule has 1 aromatic rings. The molecule has 3 nitrogen and oxygen atoms in total. The van der Waals surface area contributed by atoms with E-state index in [2.05, 4.69) is 5.32 Å². The highest BCUT2D eigenvalue weighted by Crippen LogP contribution is 2.34. The number of halogens is 3. The molecule has 1 saturated carbocycles. The topological polar surface area (TPSA) is 55.1 Å². The molecule has 0 aliphatic heterocycles. The second-order valence-electron chi connectivity index (χ2n) is 4.82. The van der Waals surface area contributed by atoms with Crippen molar-refractivity contribution in [1.82, 2.24) is 0 Å². The van der Waals surface area contributed by atoms with Crippen LogP contribution in [0.2, 0.25) is 0 Å². The lowest BCUT2D eigenvalue weighted by molar-refractivity contribution is -0.137. The summed E-state index contributed by atoms with van der Waals surface area (Å²) in [5, 5.41) is 2.57. The van der Waals surface area contributed by atoms with Gasteiger partial charge in [0, 0.05) is 12.0 Å². The van der Waals surface area contributed by atoms with Crippen molar-refractivity contribution < 1.29 is 18.0 Å². The Labute approximate surface area is 119 Å². The van der Waals surface area contributed by atoms with Gasteiger partial charge in [-0.1, -0.05) is 12.2 Å². The summed E-state index contributed by atoms with van der Waals surface area (Å²) in [4.78, 5) is 11.5. The van der Waals surface area contributed by atoms with Gasteiger partial charge in [-0.3, -0.25) is 4.79 Å². The molecule has 3 N–H and O–H groups in total. The third-order valence-electron chi connectivity index (χ3n) is 3.06. The number of alkyl halides is 3. The Bertz CT molecular complexity index is 553. The molecule has 2 rings (SSSR count). The van der Waals surface area contributed by atoms with Gasteiger partial charge in [0.25, 0.3) is 0 Å². The van der Waals surface area contributed by atoms with E-state index in [1.54, 1.807) is 0 Å². The summed E-state index contributed by atoms with van der Waals surface area (Å²) in [5.74, 6) is 0.155. The van der Waals surface area contributed by atoms with E-state index in [0.29, 0.717) is 12.3 Å². The first-order valence-corrected chi connectivity index (χ1v) is 6.49. The standard InChI is InChI=1S/C13H13F3N2OS/c14-13(15,16)8-3-4-10(9(6-8)12(17)20)18-11(19)5-7-1-2-7/h3-4,6-7H,1-2,5H2,(H2,17,20)(H,18,19). The van der Waals surface area contributed by atoms with Crippen LogP contribution in [0.4, 0.5) is 18.9 Å². The molecule has 0 aromatic heterocycles. The van der Waals surface area contributed by atoms with Gasteiger partial charge in [-0.15, -0.1) is 0 Å². The Hall–Kier alpha value is -1.63. The predicted molar refractivity (Wildman–Crippen MR) is 73.3 cm³/mol. The molecular formula is C13H13F3N2OS. The molecule has 0 heterocycles. The van der Waals surface area contributed by atoms with E-state index in [9.17, 15) is 18.0 Å². The van der Waals surface area contributed by atoms with Crippen molar-refractivity contribution in [1.29, 1.82) is 0 Å². The minimum absolute atomic E-state index is 0.0268. The molecule has 1 amide bonds. The highest BCUT2D eigenvalue weighted by atomic mass is 32.1. The number of carbonyl (C=O) groups is 1. The van der Waals surface area contributed by atoms with Crippen LogP contribution in [-0.2, 0) is 11.0 Å². The van der Waals surface area contributed by atoms with Gasteiger partial charge in [0.2, 0.25) is 5.91 Å². The lowest BCUT2D eigenvalue weighted by Gasteiger charge is -2.13.